The smallest absolute Gasteiger partial charge is 0.320 e. The van der Waals surface area contributed by atoms with Crippen LogP contribution in [0.4, 0.5) is 0 Å². The van der Waals surface area contributed by atoms with Crippen LogP contribution < -0.4 is 11.5 Å². The highest BCUT2D eigenvalue weighted by atomic mass is 32.2. The van der Waals surface area contributed by atoms with Gasteiger partial charge in [0.05, 0.1) is 0 Å². The lowest BCUT2D eigenvalue weighted by Gasteiger charge is -2.02. The summed E-state index contributed by atoms with van der Waals surface area (Å²) in [5.41, 5.74) is 10.4. The van der Waals surface area contributed by atoms with Crippen molar-refractivity contribution in [3.63, 3.8) is 0 Å². The van der Waals surface area contributed by atoms with E-state index in [1.54, 1.807) is 30.4 Å². The molecule has 146 valence electrons. The van der Waals surface area contributed by atoms with Gasteiger partial charge in [-0.2, -0.15) is 23.5 Å². The average Bonchev–Trinajstić information content (AvgIpc) is 2.52. The van der Waals surface area contributed by atoms with Crippen molar-refractivity contribution in [2.45, 2.75) is 31.8 Å². The fraction of sp³-hybridized carbons (Fsp3) is 0.769. The number of aliphatic hydroxyl groups excluding tert-OH is 1. The first-order chi connectivity index (χ1) is 11.2. The van der Waals surface area contributed by atoms with Gasteiger partial charge in [0.1, 0.15) is 12.1 Å². The summed E-state index contributed by atoms with van der Waals surface area (Å²) in [7, 11) is 0. The van der Waals surface area contributed by atoms with Crippen molar-refractivity contribution in [1.29, 1.82) is 0 Å². The summed E-state index contributed by atoms with van der Waals surface area (Å²) in [6.07, 6.45) is 4.95. The topological polar surface area (TPSA) is 184 Å². The number of rotatable bonds is 8. The number of nitrogens with two attached hydrogens (primary N) is 2. The maximum Gasteiger partial charge on any atom is 0.320 e. The van der Waals surface area contributed by atoms with Crippen molar-refractivity contribution in [3.8, 4) is 0 Å². The number of carbonyl (C=O) groups is 3. The number of hydrogen-bond donors (Lipinski definition) is 6. The molecule has 2 atom stereocenters. The molecule has 0 aliphatic rings. The molecule has 0 saturated carbocycles. The highest BCUT2D eigenvalue weighted by Crippen LogP contribution is 1.98. The lowest BCUT2D eigenvalue weighted by atomic mass is 10.2. The molecule has 0 fully saturated rings. The molecule has 0 radical (unpaired) electrons. The van der Waals surface area contributed by atoms with Crippen LogP contribution in [0.3, 0.4) is 0 Å². The Bertz CT molecular complexity index is 273. The molecule has 0 spiro atoms. The molecule has 0 bridgehead atoms. The van der Waals surface area contributed by atoms with Crippen LogP contribution in [0.1, 0.15) is 19.8 Å². The maximum atomic E-state index is 10.1. The predicted molar refractivity (Wildman–Crippen MR) is 98.7 cm³/mol. The van der Waals surface area contributed by atoms with Crippen LogP contribution >= 0.6 is 23.5 Å². The van der Waals surface area contributed by atoms with Crippen LogP contribution in [0.15, 0.2) is 0 Å². The first kappa shape index (κ1) is 30.8. The minimum absolute atomic E-state index is 0.250. The zero-order chi connectivity index (χ0) is 20.0. The van der Waals surface area contributed by atoms with E-state index in [0.717, 1.165) is 11.5 Å². The fourth-order valence-electron chi connectivity index (χ4n) is 0.737. The summed E-state index contributed by atoms with van der Waals surface area (Å²) < 4.78 is 0. The largest absolute Gasteiger partial charge is 0.483 e. The summed E-state index contributed by atoms with van der Waals surface area (Å²) in [6.45, 7) is 1.68. The van der Waals surface area contributed by atoms with E-state index in [1.807, 2.05) is 12.5 Å². The van der Waals surface area contributed by atoms with Gasteiger partial charge in [0, 0.05) is 6.61 Å². The van der Waals surface area contributed by atoms with Crippen LogP contribution in [-0.2, 0) is 14.4 Å². The monoisotopic (exact) mass is 390 g/mol. The zero-order valence-corrected chi connectivity index (χ0v) is 15.9. The molecule has 0 aliphatic carbocycles. The molecule has 24 heavy (non-hydrogen) atoms. The molecule has 0 aliphatic heterocycles. The number of aliphatic carboxylic acids is 2. The summed E-state index contributed by atoms with van der Waals surface area (Å²) in [5.74, 6) is -0.200. The second-order valence-corrected chi connectivity index (χ2v) is 5.85. The summed E-state index contributed by atoms with van der Waals surface area (Å²) >= 11 is 3.21. The highest BCUT2D eigenvalue weighted by Gasteiger charge is 2.09. The van der Waals surface area contributed by atoms with Gasteiger partial charge in [-0.25, -0.2) is 0 Å². The Morgan fingerprint density at radius 1 is 1.00 bits per heavy atom. The van der Waals surface area contributed by atoms with E-state index >= 15 is 0 Å². The number of thioether (sulfide) groups is 2. The molecule has 0 amide bonds. The van der Waals surface area contributed by atoms with E-state index in [4.69, 9.17) is 36.7 Å². The summed E-state index contributed by atoms with van der Waals surface area (Å²) in [6, 6.07) is -1.37. The Morgan fingerprint density at radius 2 is 1.21 bits per heavy atom. The first-order valence-corrected chi connectivity index (χ1v) is 9.61. The van der Waals surface area contributed by atoms with Crippen molar-refractivity contribution >= 4 is 41.9 Å². The molecular formula is C13H30N2O7S2. The standard InChI is InChI=1S/2C5H11NO2S.C2H6O.CH2O2/c2*1-9-3-2-4(6)5(7)8;1-2-3;2-1-3/h2*4H,2-3,6H2,1H3,(H,7,8);3H,2H2,1H3;1H,(H,2,3)/t2*4-;;/m00../s1. The van der Waals surface area contributed by atoms with Gasteiger partial charge in [0.2, 0.25) is 0 Å². The molecule has 0 rings (SSSR count). The third-order valence-corrected chi connectivity index (χ3v) is 3.19. The van der Waals surface area contributed by atoms with Crippen LogP contribution in [0.25, 0.3) is 0 Å². The molecule has 8 N–H and O–H groups in total. The van der Waals surface area contributed by atoms with Gasteiger partial charge >= 0.3 is 11.9 Å². The van der Waals surface area contributed by atoms with E-state index in [1.165, 1.54) is 0 Å². The first-order valence-electron chi connectivity index (χ1n) is 6.83. The van der Waals surface area contributed by atoms with Crippen molar-refractivity contribution in [1.82, 2.24) is 0 Å². The van der Waals surface area contributed by atoms with Gasteiger partial charge < -0.3 is 31.9 Å². The molecule has 9 nitrogen and oxygen atoms in total. The number of aliphatic hydroxyl groups is 1. The molecule has 0 aromatic rings. The second kappa shape index (κ2) is 26.9. The number of carboxylic acids is 2. The molecular weight excluding hydrogens is 360 g/mol. The van der Waals surface area contributed by atoms with Crippen LogP contribution in [0.5, 0.6) is 0 Å². The third kappa shape index (κ3) is 37.3. The Hall–Kier alpha value is -1.01. The Balaban J connectivity index is -0.000000126. The average molecular weight is 391 g/mol. The Labute approximate surface area is 151 Å². The van der Waals surface area contributed by atoms with Gasteiger partial charge in [-0.3, -0.25) is 14.4 Å². The normalized spacial score (nSPS) is 11.1. The molecule has 0 unspecified atom stereocenters. The quantitative estimate of drug-likeness (QED) is 0.306. The highest BCUT2D eigenvalue weighted by molar-refractivity contribution is 7.98. The van der Waals surface area contributed by atoms with Crippen molar-refractivity contribution in [2.75, 3.05) is 30.6 Å². The van der Waals surface area contributed by atoms with E-state index in [2.05, 4.69) is 0 Å². The fourth-order valence-corrected chi connectivity index (χ4v) is 1.72. The lowest BCUT2D eigenvalue weighted by molar-refractivity contribution is -0.139. The van der Waals surface area contributed by atoms with Gasteiger partial charge in [-0.05, 0) is 43.8 Å². The van der Waals surface area contributed by atoms with Gasteiger partial charge in [-0.1, -0.05) is 0 Å². The van der Waals surface area contributed by atoms with Crippen LogP contribution in [-0.4, -0.2) is 81.5 Å². The van der Waals surface area contributed by atoms with E-state index in [0.29, 0.717) is 12.8 Å². The van der Waals surface area contributed by atoms with E-state index in [9.17, 15) is 9.59 Å². The van der Waals surface area contributed by atoms with Crippen LogP contribution in [0.2, 0.25) is 0 Å². The van der Waals surface area contributed by atoms with Gasteiger partial charge in [-0.15, -0.1) is 0 Å². The Morgan fingerprint density at radius 3 is 1.33 bits per heavy atom. The molecule has 0 aromatic carbocycles. The number of carboxylic acid groups (broad SMARTS) is 3. The molecule has 0 aromatic heterocycles. The van der Waals surface area contributed by atoms with Gasteiger partial charge in [0.15, 0.2) is 0 Å². The van der Waals surface area contributed by atoms with E-state index in [-0.39, 0.29) is 13.1 Å². The molecule has 11 heteroatoms. The Kier molecular flexibility index (Phi) is 34.5. The zero-order valence-electron chi connectivity index (χ0n) is 14.3. The summed E-state index contributed by atoms with van der Waals surface area (Å²) in [4.78, 5) is 28.5. The predicted octanol–water partition coefficient (Wildman–Crippen LogP) is 0.00220. The minimum atomic E-state index is -0.913. The van der Waals surface area contributed by atoms with Crippen molar-refractivity contribution < 1.29 is 34.8 Å². The summed E-state index contributed by atoms with van der Waals surface area (Å²) in [5, 5.41) is 31.0. The van der Waals surface area contributed by atoms with E-state index < -0.39 is 24.0 Å². The lowest BCUT2D eigenvalue weighted by Crippen LogP contribution is -2.30. The van der Waals surface area contributed by atoms with Crippen molar-refractivity contribution in [3.05, 3.63) is 0 Å². The third-order valence-electron chi connectivity index (χ3n) is 1.90. The number of hydrogen-bond acceptors (Lipinski definition) is 8. The SMILES string of the molecule is CCO.CSCC[C@H](N)C(=O)O.CSCC[C@H](N)C(=O)O.O=CO. The second-order valence-electron chi connectivity index (χ2n) is 3.87. The van der Waals surface area contributed by atoms with Crippen molar-refractivity contribution in [2.24, 2.45) is 11.5 Å². The minimum Gasteiger partial charge on any atom is -0.483 e. The molecule has 0 saturated heterocycles. The molecule has 0 heterocycles. The maximum absolute atomic E-state index is 10.1. The van der Waals surface area contributed by atoms with Crippen LogP contribution in [0, 0.1) is 0 Å². The van der Waals surface area contributed by atoms with Gasteiger partial charge in [0.25, 0.3) is 6.47 Å².